The summed E-state index contributed by atoms with van der Waals surface area (Å²) in [4.78, 5) is 9.12. The van der Waals surface area contributed by atoms with Crippen LogP contribution in [-0.2, 0) is 11.3 Å². The molecule has 0 saturated carbocycles. The van der Waals surface area contributed by atoms with Crippen molar-refractivity contribution in [2.45, 2.75) is 45.4 Å². The van der Waals surface area contributed by atoms with Gasteiger partial charge in [0, 0.05) is 12.6 Å². The predicted molar refractivity (Wildman–Crippen MR) is 96.5 cm³/mol. The zero-order valence-corrected chi connectivity index (χ0v) is 15.1. The van der Waals surface area contributed by atoms with Crippen LogP contribution in [0.25, 0.3) is 11.2 Å². The average Bonchev–Trinajstić information content (AvgIpc) is 3.21. The number of methoxy groups -OCH3 is 1. The van der Waals surface area contributed by atoms with E-state index in [1.165, 1.54) is 0 Å². The first kappa shape index (κ1) is 16.8. The van der Waals surface area contributed by atoms with Crippen molar-refractivity contribution in [2.75, 3.05) is 12.4 Å². The van der Waals surface area contributed by atoms with E-state index < -0.39 is 0 Å². The summed E-state index contributed by atoms with van der Waals surface area (Å²) in [5.74, 6) is 2.33. The highest BCUT2D eigenvalue weighted by Gasteiger charge is 2.25. The molecule has 9 nitrogen and oxygen atoms in total. The van der Waals surface area contributed by atoms with Crippen LogP contribution in [0, 0.1) is 5.92 Å². The molecule has 3 aromatic heterocycles. The molecule has 26 heavy (non-hydrogen) atoms. The van der Waals surface area contributed by atoms with Gasteiger partial charge in [-0.2, -0.15) is 10.2 Å². The number of nitrogens with one attached hydrogen (secondary N) is 2. The fourth-order valence-electron chi connectivity index (χ4n) is 3.58. The van der Waals surface area contributed by atoms with E-state index in [0.29, 0.717) is 23.4 Å². The summed E-state index contributed by atoms with van der Waals surface area (Å²) in [7, 11) is 1.58. The lowest BCUT2D eigenvalue weighted by atomic mass is 9.92. The Morgan fingerprint density at radius 1 is 1.27 bits per heavy atom. The molecule has 4 rings (SSSR count). The fourth-order valence-corrected chi connectivity index (χ4v) is 3.58. The van der Waals surface area contributed by atoms with E-state index in [1.807, 2.05) is 4.68 Å². The maximum Gasteiger partial charge on any atom is 0.210 e. The Morgan fingerprint density at radius 3 is 2.81 bits per heavy atom. The van der Waals surface area contributed by atoms with Crippen LogP contribution >= 0.6 is 0 Å². The van der Waals surface area contributed by atoms with Crippen molar-refractivity contribution in [3.63, 3.8) is 0 Å². The number of aromatic amines is 1. The molecule has 1 saturated heterocycles. The van der Waals surface area contributed by atoms with Crippen molar-refractivity contribution in [1.82, 2.24) is 29.9 Å². The van der Waals surface area contributed by atoms with Crippen LogP contribution in [0.1, 0.15) is 26.7 Å². The largest absolute Gasteiger partial charge is 0.481 e. The zero-order valence-electron chi connectivity index (χ0n) is 15.1. The van der Waals surface area contributed by atoms with Crippen LogP contribution in [-0.4, -0.2) is 49.3 Å². The molecular formula is C17H23N7O2. The Kier molecular flexibility index (Phi) is 4.46. The molecule has 0 aliphatic carbocycles. The van der Waals surface area contributed by atoms with Gasteiger partial charge in [0.1, 0.15) is 5.52 Å². The average molecular weight is 357 g/mol. The number of hydrogen-bond acceptors (Lipinski definition) is 7. The van der Waals surface area contributed by atoms with Crippen molar-refractivity contribution >= 4 is 22.8 Å². The number of nitrogens with zero attached hydrogens (tertiary/aromatic N) is 5. The van der Waals surface area contributed by atoms with E-state index in [-0.39, 0.29) is 12.2 Å². The molecule has 1 aliphatic heterocycles. The molecule has 138 valence electrons. The summed E-state index contributed by atoms with van der Waals surface area (Å²) in [5.41, 5.74) is 1.55. The fraction of sp³-hybridized carbons (Fsp3) is 0.529. The third kappa shape index (κ3) is 3.48. The molecule has 2 N–H and O–H groups in total. The summed E-state index contributed by atoms with van der Waals surface area (Å²) in [6.07, 6.45) is 6.06. The van der Waals surface area contributed by atoms with Crippen LogP contribution in [0.3, 0.4) is 0 Å². The second kappa shape index (κ2) is 6.91. The molecule has 0 amide bonds. The first-order valence-electron chi connectivity index (χ1n) is 8.81. The molecule has 0 unspecified atom stereocenters. The van der Waals surface area contributed by atoms with Crippen LogP contribution in [0.2, 0.25) is 0 Å². The monoisotopic (exact) mass is 357 g/mol. The Morgan fingerprint density at radius 2 is 2.08 bits per heavy atom. The van der Waals surface area contributed by atoms with Crippen molar-refractivity contribution in [1.29, 1.82) is 0 Å². The second-order valence-corrected chi connectivity index (χ2v) is 6.83. The SMILES string of the molecule is COc1cc(Nc2cnc3cnn(C[C@H]4C[C@@H](C)O[C@@H](C)C4)c3n2)n[nH]1. The zero-order chi connectivity index (χ0) is 18.1. The molecule has 0 spiro atoms. The predicted octanol–water partition coefficient (Wildman–Crippen LogP) is 2.51. The number of aromatic nitrogens is 6. The van der Waals surface area contributed by atoms with Gasteiger partial charge in [0.2, 0.25) is 5.88 Å². The normalized spacial score (nSPS) is 23.3. The topological polar surface area (TPSA) is 103 Å². The number of rotatable bonds is 5. The van der Waals surface area contributed by atoms with Crippen LogP contribution in [0.4, 0.5) is 11.6 Å². The molecule has 0 bridgehead atoms. The summed E-state index contributed by atoms with van der Waals surface area (Å²) in [6, 6.07) is 1.76. The van der Waals surface area contributed by atoms with Crippen molar-refractivity contribution in [3.05, 3.63) is 18.5 Å². The first-order chi connectivity index (χ1) is 12.6. The number of fused-ring (bicyclic) bond motifs is 1. The summed E-state index contributed by atoms with van der Waals surface area (Å²) in [6.45, 7) is 5.07. The van der Waals surface area contributed by atoms with E-state index in [0.717, 1.165) is 30.6 Å². The quantitative estimate of drug-likeness (QED) is 0.723. The summed E-state index contributed by atoms with van der Waals surface area (Å²) < 4.78 is 12.9. The minimum absolute atomic E-state index is 0.281. The highest BCUT2D eigenvalue weighted by Crippen LogP contribution is 2.27. The smallest absolute Gasteiger partial charge is 0.210 e. The summed E-state index contributed by atoms with van der Waals surface area (Å²) >= 11 is 0. The van der Waals surface area contributed by atoms with E-state index in [1.54, 1.807) is 25.6 Å². The van der Waals surface area contributed by atoms with Crippen LogP contribution in [0.15, 0.2) is 18.5 Å². The minimum atomic E-state index is 0.281. The van der Waals surface area contributed by atoms with Gasteiger partial charge in [0.15, 0.2) is 17.3 Å². The van der Waals surface area contributed by atoms with Crippen molar-refractivity contribution in [3.8, 4) is 5.88 Å². The Labute approximate surface area is 151 Å². The maximum absolute atomic E-state index is 5.83. The summed E-state index contributed by atoms with van der Waals surface area (Å²) in [5, 5.41) is 14.5. The maximum atomic E-state index is 5.83. The number of ether oxygens (including phenoxy) is 2. The van der Waals surface area contributed by atoms with Gasteiger partial charge in [0.25, 0.3) is 0 Å². The first-order valence-corrected chi connectivity index (χ1v) is 8.81. The van der Waals surface area contributed by atoms with E-state index in [2.05, 4.69) is 44.4 Å². The lowest BCUT2D eigenvalue weighted by Crippen LogP contribution is -2.31. The van der Waals surface area contributed by atoms with Gasteiger partial charge in [-0.05, 0) is 32.6 Å². The molecule has 1 aliphatic rings. The van der Waals surface area contributed by atoms with Gasteiger partial charge in [0.05, 0.1) is 31.7 Å². The molecule has 3 atom stereocenters. The van der Waals surface area contributed by atoms with Crippen molar-refractivity contribution < 1.29 is 9.47 Å². The Bertz CT molecular complexity index is 880. The molecule has 4 heterocycles. The van der Waals surface area contributed by atoms with Gasteiger partial charge < -0.3 is 14.8 Å². The van der Waals surface area contributed by atoms with Crippen LogP contribution < -0.4 is 10.1 Å². The second-order valence-electron chi connectivity index (χ2n) is 6.83. The Balaban J connectivity index is 1.54. The van der Waals surface area contributed by atoms with E-state index in [9.17, 15) is 0 Å². The lowest BCUT2D eigenvalue weighted by Gasteiger charge is -2.32. The third-order valence-electron chi connectivity index (χ3n) is 4.60. The minimum Gasteiger partial charge on any atom is -0.481 e. The third-order valence-corrected chi connectivity index (χ3v) is 4.60. The number of anilines is 2. The highest BCUT2D eigenvalue weighted by molar-refractivity contribution is 5.71. The molecule has 9 heteroatoms. The van der Waals surface area contributed by atoms with Gasteiger partial charge >= 0.3 is 0 Å². The number of hydrogen-bond donors (Lipinski definition) is 2. The van der Waals surface area contributed by atoms with Gasteiger partial charge in [-0.3, -0.25) is 0 Å². The van der Waals surface area contributed by atoms with E-state index in [4.69, 9.17) is 9.47 Å². The lowest BCUT2D eigenvalue weighted by molar-refractivity contribution is -0.0552. The van der Waals surface area contributed by atoms with Crippen LogP contribution in [0.5, 0.6) is 5.88 Å². The van der Waals surface area contributed by atoms with Gasteiger partial charge in [-0.1, -0.05) is 0 Å². The molecule has 1 fully saturated rings. The molecule has 0 aromatic carbocycles. The standard InChI is InChI=1S/C17H23N7O2/c1-10-4-12(5-11(2)26-10)9-24-17-13(7-19-24)18-8-15(21-17)20-14-6-16(25-3)23-22-14/h6-8,10-12H,4-5,9H2,1-3H3,(H2,20,21,22,23)/t10-,11+,12+. The van der Waals surface area contributed by atoms with Gasteiger partial charge in [-0.25, -0.2) is 19.7 Å². The van der Waals surface area contributed by atoms with Gasteiger partial charge in [-0.15, -0.1) is 0 Å². The number of H-pyrrole nitrogens is 1. The molecule has 0 radical (unpaired) electrons. The Hall–Kier alpha value is -2.68. The molecular weight excluding hydrogens is 334 g/mol. The highest BCUT2D eigenvalue weighted by atomic mass is 16.5. The van der Waals surface area contributed by atoms with Crippen molar-refractivity contribution in [2.24, 2.45) is 5.92 Å². The molecule has 3 aromatic rings. The van der Waals surface area contributed by atoms with E-state index >= 15 is 0 Å².